The molecule has 0 saturated heterocycles. The summed E-state index contributed by atoms with van der Waals surface area (Å²) in [5, 5.41) is 9.53. The Morgan fingerprint density at radius 2 is 1.72 bits per heavy atom. The third-order valence-electron chi connectivity index (χ3n) is 5.41. The second-order valence-electron chi connectivity index (χ2n) is 7.36. The highest BCUT2D eigenvalue weighted by molar-refractivity contribution is 9.10. The summed E-state index contributed by atoms with van der Waals surface area (Å²) in [5.74, 6) is 1.73. The lowest BCUT2D eigenvalue weighted by molar-refractivity contribution is 0.415. The highest BCUT2D eigenvalue weighted by Crippen LogP contribution is 2.31. The van der Waals surface area contributed by atoms with Gasteiger partial charge in [0.1, 0.15) is 17.8 Å². The lowest BCUT2D eigenvalue weighted by Gasteiger charge is -2.04. The van der Waals surface area contributed by atoms with Gasteiger partial charge in [0, 0.05) is 15.4 Å². The van der Waals surface area contributed by atoms with E-state index in [1.165, 1.54) is 0 Å². The molecule has 0 unspecified atom stereocenters. The van der Waals surface area contributed by atoms with Gasteiger partial charge in [-0.3, -0.25) is 0 Å². The summed E-state index contributed by atoms with van der Waals surface area (Å²) in [5.41, 5.74) is 5.16. The van der Waals surface area contributed by atoms with Gasteiger partial charge in [-0.25, -0.2) is 9.97 Å². The van der Waals surface area contributed by atoms with Crippen LogP contribution in [-0.2, 0) is 6.54 Å². The van der Waals surface area contributed by atoms with E-state index in [0.717, 1.165) is 48.9 Å². The molecule has 32 heavy (non-hydrogen) atoms. The third-order valence-corrected chi connectivity index (χ3v) is 5.90. The second-order valence-corrected chi connectivity index (χ2v) is 8.28. The molecule has 7 nitrogen and oxygen atoms in total. The zero-order valence-electron chi connectivity index (χ0n) is 17.0. The van der Waals surface area contributed by atoms with Crippen molar-refractivity contribution in [3.8, 4) is 17.2 Å². The molecule has 3 heterocycles. The minimum Gasteiger partial charge on any atom is -0.497 e. The second kappa shape index (κ2) is 7.42. The molecule has 6 aromatic rings. The van der Waals surface area contributed by atoms with Crippen LogP contribution in [0.4, 0.5) is 0 Å². The Hall–Kier alpha value is -3.78. The van der Waals surface area contributed by atoms with Crippen molar-refractivity contribution in [3.05, 3.63) is 77.1 Å². The zero-order valence-corrected chi connectivity index (χ0v) is 18.6. The fourth-order valence-electron chi connectivity index (χ4n) is 3.87. The van der Waals surface area contributed by atoms with E-state index < -0.39 is 0 Å². The van der Waals surface area contributed by atoms with Crippen molar-refractivity contribution in [1.29, 1.82) is 0 Å². The van der Waals surface area contributed by atoms with Crippen LogP contribution in [0.3, 0.4) is 0 Å². The molecular formula is C24H16BrN5O2. The van der Waals surface area contributed by atoms with Crippen molar-refractivity contribution >= 4 is 49.0 Å². The molecule has 0 atom stereocenters. The van der Waals surface area contributed by atoms with Gasteiger partial charge in [0.05, 0.1) is 23.7 Å². The summed E-state index contributed by atoms with van der Waals surface area (Å²) in [4.78, 5) is 9.80. The number of fused-ring (bicyclic) bond motifs is 4. The first kappa shape index (κ1) is 18.9. The van der Waals surface area contributed by atoms with Crippen LogP contribution in [-0.4, -0.2) is 31.8 Å². The fourth-order valence-corrected chi connectivity index (χ4v) is 4.23. The van der Waals surface area contributed by atoms with Gasteiger partial charge >= 0.3 is 0 Å². The Balaban J connectivity index is 1.48. The van der Waals surface area contributed by atoms with Gasteiger partial charge in [-0.1, -0.05) is 28.1 Å². The smallest absolute Gasteiger partial charge is 0.247 e. The van der Waals surface area contributed by atoms with E-state index in [1.54, 1.807) is 7.11 Å². The predicted molar refractivity (Wildman–Crippen MR) is 126 cm³/mol. The Labute approximate surface area is 190 Å². The van der Waals surface area contributed by atoms with E-state index in [0.29, 0.717) is 18.3 Å². The van der Waals surface area contributed by atoms with Crippen LogP contribution < -0.4 is 4.74 Å². The molecule has 0 fully saturated rings. The summed E-state index contributed by atoms with van der Waals surface area (Å²) >= 11 is 3.58. The molecule has 156 valence electrons. The number of aromatic nitrogens is 5. The van der Waals surface area contributed by atoms with Gasteiger partial charge in [0.15, 0.2) is 5.65 Å². The van der Waals surface area contributed by atoms with Crippen molar-refractivity contribution in [2.45, 2.75) is 6.54 Å². The molecule has 0 amide bonds. The molecular weight excluding hydrogens is 470 g/mol. The summed E-state index contributed by atoms with van der Waals surface area (Å²) in [6, 6.07) is 21.5. The lowest BCUT2D eigenvalue weighted by atomic mass is 10.2. The molecule has 0 bridgehead atoms. The first-order valence-electron chi connectivity index (χ1n) is 10.0. The molecule has 6 rings (SSSR count). The number of halogens is 1. The number of rotatable bonds is 4. The quantitative estimate of drug-likeness (QED) is 0.323. The Morgan fingerprint density at radius 1 is 0.938 bits per heavy atom. The van der Waals surface area contributed by atoms with Crippen LogP contribution in [0.5, 0.6) is 5.75 Å². The highest BCUT2D eigenvalue weighted by atomic mass is 79.9. The third kappa shape index (κ3) is 3.11. The van der Waals surface area contributed by atoms with E-state index in [-0.39, 0.29) is 0 Å². The van der Waals surface area contributed by atoms with Crippen molar-refractivity contribution in [2.75, 3.05) is 7.11 Å². The highest BCUT2D eigenvalue weighted by Gasteiger charge is 2.18. The number of para-hydroxylation sites is 2. The van der Waals surface area contributed by atoms with Crippen LogP contribution in [0.2, 0.25) is 0 Å². The van der Waals surface area contributed by atoms with E-state index in [1.807, 2.05) is 60.7 Å². The molecule has 0 aliphatic carbocycles. The Bertz CT molecular complexity index is 1600. The minimum absolute atomic E-state index is 0.387. The van der Waals surface area contributed by atoms with Crippen LogP contribution in [0.15, 0.2) is 75.6 Å². The van der Waals surface area contributed by atoms with Crippen molar-refractivity contribution < 1.29 is 9.15 Å². The summed E-state index contributed by atoms with van der Waals surface area (Å²) < 4.78 is 14.3. The van der Waals surface area contributed by atoms with Crippen LogP contribution in [0.1, 0.15) is 5.89 Å². The van der Waals surface area contributed by atoms with Crippen LogP contribution in [0, 0.1) is 0 Å². The minimum atomic E-state index is 0.387. The number of benzene rings is 3. The molecule has 0 aliphatic rings. The monoisotopic (exact) mass is 485 g/mol. The van der Waals surface area contributed by atoms with Gasteiger partial charge in [-0.2, -0.15) is 0 Å². The zero-order chi connectivity index (χ0) is 21.7. The molecule has 0 saturated carbocycles. The number of ether oxygens (including phenoxy) is 1. The van der Waals surface area contributed by atoms with Crippen LogP contribution >= 0.6 is 15.9 Å². The van der Waals surface area contributed by atoms with Gasteiger partial charge in [0.2, 0.25) is 11.8 Å². The normalized spacial score (nSPS) is 11.6. The lowest BCUT2D eigenvalue weighted by Crippen LogP contribution is -2.01. The van der Waals surface area contributed by atoms with Crippen molar-refractivity contribution in [2.24, 2.45) is 0 Å². The average Bonchev–Trinajstić information content (AvgIpc) is 3.41. The largest absolute Gasteiger partial charge is 0.497 e. The molecule has 3 aromatic carbocycles. The maximum absolute atomic E-state index is 5.98. The first-order chi connectivity index (χ1) is 15.7. The standard InChI is InChI=1S/C24H16BrN5O2/c1-31-16-9-6-14(7-10-16)24-29-28-21(32-24)13-30-20-11-8-15(25)12-17(20)22-23(30)27-19-5-3-2-4-18(19)26-22/h2-12H,13H2,1H3. The topological polar surface area (TPSA) is 78.9 Å². The summed E-state index contributed by atoms with van der Waals surface area (Å²) in [7, 11) is 1.64. The Morgan fingerprint density at radius 3 is 2.50 bits per heavy atom. The van der Waals surface area contributed by atoms with E-state index >= 15 is 0 Å². The molecule has 0 spiro atoms. The van der Waals surface area contributed by atoms with E-state index in [4.69, 9.17) is 19.1 Å². The molecule has 0 aliphatic heterocycles. The molecule has 3 aromatic heterocycles. The van der Waals surface area contributed by atoms with Gasteiger partial charge < -0.3 is 13.7 Å². The van der Waals surface area contributed by atoms with E-state index in [9.17, 15) is 0 Å². The molecule has 0 N–H and O–H groups in total. The number of hydrogen-bond acceptors (Lipinski definition) is 6. The maximum Gasteiger partial charge on any atom is 0.247 e. The number of methoxy groups -OCH3 is 1. The molecule has 0 radical (unpaired) electrons. The summed E-state index contributed by atoms with van der Waals surface area (Å²) in [6.45, 7) is 0.387. The van der Waals surface area contributed by atoms with Gasteiger partial charge in [-0.15, -0.1) is 10.2 Å². The Kier molecular flexibility index (Phi) is 4.39. The van der Waals surface area contributed by atoms with Crippen LogP contribution in [0.25, 0.3) is 44.6 Å². The van der Waals surface area contributed by atoms with E-state index in [2.05, 4.69) is 36.8 Å². The average molecular weight is 486 g/mol. The molecule has 8 heteroatoms. The fraction of sp³-hybridized carbons (Fsp3) is 0.0833. The van der Waals surface area contributed by atoms with Gasteiger partial charge in [-0.05, 0) is 54.6 Å². The van der Waals surface area contributed by atoms with Crippen molar-refractivity contribution in [1.82, 2.24) is 24.7 Å². The maximum atomic E-state index is 5.98. The van der Waals surface area contributed by atoms with Crippen molar-refractivity contribution in [3.63, 3.8) is 0 Å². The SMILES string of the molecule is COc1ccc(-c2nnc(Cn3c4ccc(Br)cc4c4nc5ccccc5nc43)o2)cc1. The number of hydrogen-bond donors (Lipinski definition) is 0. The summed E-state index contributed by atoms with van der Waals surface area (Å²) in [6.07, 6.45) is 0. The first-order valence-corrected chi connectivity index (χ1v) is 10.8. The van der Waals surface area contributed by atoms with Gasteiger partial charge in [0.25, 0.3) is 0 Å². The number of nitrogens with zero attached hydrogens (tertiary/aromatic N) is 5. The predicted octanol–water partition coefficient (Wildman–Crippen LogP) is 5.61.